The van der Waals surface area contributed by atoms with Crippen LogP contribution in [0.5, 0.6) is 0 Å². The molecular formula is C18H9ClO2. The van der Waals surface area contributed by atoms with E-state index in [0.29, 0.717) is 5.02 Å². The van der Waals surface area contributed by atoms with Crippen molar-refractivity contribution in [2.75, 3.05) is 0 Å². The normalized spacial score (nSPS) is 12.0. The highest BCUT2D eigenvalue weighted by molar-refractivity contribution is 6.40. The lowest BCUT2D eigenvalue weighted by Crippen LogP contribution is -1.72. The molecule has 0 fully saturated rings. The number of furan rings is 2. The fraction of sp³-hybridized carbons (Fsp3) is 0. The van der Waals surface area contributed by atoms with Crippen LogP contribution in [0.1, 0.15) is 0 Å². The highest BCUT2D eigenvalue weighted by atomic mass is 35.5. The summed E-state index contributed by atoms with van der Waals surface area (Å²) in [6.45, 7) is 0. The van der Waals surface area contributed by atoms with E-state index in [4.69, 9.17) is 20.4 Å². The van der Waals surface area contributed by atoms with Crippen LogP contribution in [0.15, 0.2) is 63.4 Å². The Kier molecular flexibility index (Phi) is 2.04. The number of benzene rings is 3. The van der Waals surface area contributed by atoms with Crippen molar-refractivity contribution in [2.24, 2.45) is 0 Å². The van der Waals surface area contributed by atoms with Crippen molar-refractivity contribution in [3.63, 3.8) is 0 Å². The zero-order valence-corrected chi connectivity index (χ0v) is 11.6. The van der Waals surface area contributed by atoms with Crippen LogP contribution in [0, 0.1) is 0 Å². The Bertz CT molecular complexity index is 1150. The fourth-order valence-corrected chi connectivity index (χ4v) is 3.33. The monoisotopic (exact) mass is 292 g/mol. The molecular weight excluding hydrogens is 284 g/mol. The van der Waals surface area contributed by atoms with Crippen LogP contribution in [0.25, 0.3) is 43.9 Å². The average molecular weight is 293 g/mol. The van der Waals surface area contributed by atoms with Gasteiger partial charge in [-0.15, -0.1) is 0 Å². The Balaban J connectivity index is 2.17. The lowest BCUT2D eigenvalue weighted by atomic mass is 10.1. The number of hydrogen-bond acceptors (Lipinski definition) is 2. The van der Waals surface area contributed by atoms with Gasteiger partial charge in [-0.25, -0.2) is 0 Å². The predicted octanol–water partition coefficient (Wildman–Crippen LogP) is 6.14. The highest BCUT2D eigenvalue weighted by Crippen LogP contribution is 2.42. The van der Waals surface area contributed by atoms with Gasteiger partial charge in [0.15, 0.2) is 0 Å². The largest absolute Gasteiger partial charge is 0.456 e. The first kappa shape index (κ1) is 11.2. The first-order valence-corrected chi connectivity index (χ1v) is 7.12. The Morgan fingerprint density at radius 1 is 0.667 bits per heavy atom. The van der Waals surface area contributed by atoms with Crippen LogP contribution in [-0.2, 0) is 0 Å². The van der Waals surface area contributed by atoms with Crippen molar-refractivity contribution >= 4 is 55.5 Å². The molecule has 100 valence electrons. The SMILES string of the molecule is Clc1cc2oc3ccccc3c2c2oc3ccccc3c12. The first-order chi connectivity index (χ1) is 10.3. The Morgan fingerprint density at radius 3 is 2.05 bits per heavy atom. The lowest BCUT2D eigenvalue weighted by Gasteiger charge is -1.95. The molecule has 0 bridgehead atoms. The van der Waals surface area contributed by atoms with Gasteiger partial charge < -0.3 is 8.83 Å². The van der Waals surface area contributed by atoms with E-state index in [1.54, 1.807) is 0 Å². The van der Waals surface area contributed by atoms with E-state index >= 15 is 0 Å². The van der Waals surface area contributed by atoms with Crippen LogP contribution < -0.4 is 0 Å². The second kappa shape index (κ2) is 3.80. The van der Waals surface area contributed by atoms with Crippen LogP contribution in [-0.4, -0.2) is 0 Å². The Labute approximate surface area is 124 Å². The number of hydrogen-bond donors (Lipinski definition) is 0. The summed E-state index contributed by atoms with van der Waals surface area (Å²) in [5.41, 5.74) is 3.24. The van der Waals surface area contributed by atoms with Crippen molar-refractivity contribution in [1.29, 1.82) is 0 Å². The van der Waals surface area contributed by atoms with Crippen molar-refractivity contribution < 1.29 is 8.83 Å². The van der Waals surface area contributed by atoms with Crippen LogP contribution in [0.4, 0.5) is 0 Å². The van der Waals surface area contributed by atoms with E-state index in [2.05, 4.69) is 0 Å². The molecule has 21 heavy (non-hydrogen) atoms. The molecule has 2 nitrogen and oxygen atoms in total. The smallest absolute Gasteiger partial charge is 0.148 e. The third-order valence-electron chi connectivity index (χ3n) is 3.94. The summed E-state index contributed by atoms with van der Waals surface area (Å²) in [4.78, 5) is 0. The van der Waals surface area contributed by atoms with Gasteiger partial charge in [0.2, 0.25) is 0 Å². The van der Waals surface area contributed by atoms with Gasteiger partial charge in [0.1, 0.15) is 22.3 Å². The number of rotatable bonds is 0. The summed E-state index contributed by atoms with van der Waals surface area (Å²) in [6.07, 6.45) is 0. The molecule has 2 aromatic heterocycles. The van der Waals surface area contributed by atoms with Gasteiger partial charge in [-0.2, -0.15) is 0 Å². The van der Waals surface area contributed by atoms with E-state index in [-0.39, 0.29) is 0 Å². The zero-order valence-electron chi connectivity index (χ0n) is 10.9. The predicted molar refractivity (Wildman–Crippen MR) is 86.0 cm³/mol. The van der Waals surface area contributed by atoms with E-state index < -0.39 is 0 Å². The van der Waals surface area contributed by atoms with Gasteiger partial charge in [0.25, 0.3) is 0 Å². The van der Waals surface area contributed by atoms with Crippen molar-refractivity contribution in [1.82, 2.24) is 0 Å². The molecule has 0 N–H and O–H groups in total. The third-order valence-corrected chi connectivity index (χ3v) is 4.24. The number of halogens is 1. The van der Waals surface area contributed by atoms with E-state index in [1.807, 2.05) is 54.6 Å². The molecule has 0 saturated carbocycles. The molecule has 0 amide bonds. The minimum atomic E-state index is 0.654. The number of para-hydroxylation sites is 2. The maximum atomic E-state index is 6.46. The third kappa shape index (κ3) is 1.38. The Hall–Kier alpha value is -2.45. The van der Waals surface area contributed by atoms with Crippen molar-refractivity contribution in [3.05, 3.63) is 59.6 Å². The molecule has 0 radical (unpaired) electrons. The topological polar surface area (TPSA) is 26.3 Å². The van der Waals surface area contributed by atoms with Gasteiger partial charge >= 0.3 is 0 Å². The molecule has 5 aromatic rings. The van der Waals surface area contributed by atoms with E-state index in [9.17, 15) is 0 Å². The number of fused-ring (bicyclic) bond motifs is 7. The molecule has 3 aromatic carbocycles. The fourth-order valence-electron chi connectivity index (χ4n) is 3.05. The summed E-state index contributed by atoms with van der Waals surface area (Å²) in [5.74, 6) is 0. The second-order valence-electron chi connectivity index (χ2n) is 5.13. The summed E-state index contributed by atoms with van der Waals surface area (Å²) in [5, 5.41) is 4.67. The summed E-state index contributed by atoms with van der Waals surface area (Å²) >= 11 is 6.46. The maximum absolute atomic E-state index is 6.46. The van der Waals surface area contributed by atoms with Crippen molar-refractivity contribution in [2.45, 2.75) is 0 Å². The van der Waals surface area contributed by atoms with Gasteiger partial charge in [-0.05, 0) is 12.1 Å². The summed E-state index contributed by atoms with van der Waals surface area (Å²) in [6, 6.07) is 17.8. The summed E-state index contributed by atoms with van der Waals surface area (Å²) in [7, 11) is 0. The zero-order chi connectivity index (χ0) is 14.0. The maximum Gasteiger partial charge on any atom is 0.148 e. The summed E-state index contributed by atoms with van der Waals surface area (Å²) < 4.78 is 12.0. The standard InChI is InChI=1S/C18H9ClO2/c19-12-9-15-17(11-6-2-3-7-13(11)20-15)18-16(12)10-5-1-4-8-14(10)21-18/h1-9H. The minimum Gasteiger partial charge on any atom is -0.456 e. The molecule has 2 heterocycles. The van der Waals surface area contributed by atoms with Crippen LogP contribution in [0.3, 0.4) is 0 Å². The quantitative estimate of drug-likeness (QED) is 0.343. The van der Waals surface area contributed by atoms with Gasteiger partial charge in [-0.1, -0.05) is 48.0 Å². The molecule has 0 aliphatic carbocycles. The molecule has 3 heteroatoms. The van der Waals surface area contributed by atoms with E-state index in [1.165, 1.54) is 0 Å². The van der Waals surface area contributed by atoms with Gasteiger partial charge in [0.05, 0.1) is 10.4 Å². The lowest BCUT2D eigenvalue weighted by molar-refractivity contribution is 0.663. The molecule has 0 atom stereocenters. The van der Waals surface area contributed by atoms with Crippen LogP contribution in [0.2, 0.25) is 5.02 Å². The van der Waals surface area contributed by atoms with E-state index in [0.717, 1.165) is 43.9 Å². The molecule has 0 aliphatic heterocycles. The van der Waals surface area contributed by atoms with Gasteiger partial charge in [-0.3, -0.25) is 0 Å². The van der Waals surface area contributed by atoms with Gasteiger partial charge in [0, 0.05) is 22.2 Å². The molecule has 0 saturated heterocycles. The molecule has 0 aliphatic rings. The molecule has 0 spiro atoms. The molecule has 0 unspecified atom stereocenters. The van der Waals surface area contributed by atoms with Crippen molar-refractivity contribution in [3.8, 4) is 0 Å². The second-order valence-corrected chi connectivity index (χ2v) is 5.54. The Morgan fingerprint density at radius 2 is 1.29 bits per heavy atom. The minimum absolute atomic E-state index is 0.654. The average Bonchev–Trinajstić information content (AvgIpc) is 3.04. The van der Waals surface area contributed by atoms with Crippen LogP contribution >= 0.6 is 11.6 Å². The highest BCUT2D eigenvalue weighted by Gasteiger charge is 2.18. The first-order valence-electron chi connectivity index (χ1n) is 6.74. The molecule has 5 rings (SSSR count).